The van der Waals surface area contributed by atoms with Crippen LogP contribution < -0.4 is 5.32 Å². The van der Waals surface area contributed by atoms with Gasteiger partial charge in [-0.15, -0.1) is 0 Å². The first-order valence-corrected chi connectivity index (χ1v) is 6.78. The van der Waals surface area contributed by atoms with E-state index in [0.29, 0.717) is 11.8 Å². The lowest BCUT2D eigenvalue weighted by atomic mass is 9.89. The molecule has 0 aliphatic rings. The molecule has 0 bridgehead atoms. The smallest absolute Gasteiger partial charge is 0.123 e. The third-order valence-electron chi connectivity index (χ3n) is 2.98. The summed E-state index contributed by atoms with van der Waals surface area (Å²) in [4.78, 5) is 0. The molecule has 0 spiro atoms. The van der Waals surface area contributed by atoms with Gasteiger partial charge in [0.1, 0.15) is 5.82 Å². The van der Waals surface area contributed by atoms with Gasteiger partial charge in [-0.1, -0.05) is 26.0 Å². The summed E-state index contributed by atoms with van der Waals surface area (Å²) in [6.45, 7) is 11.9. The van der Waals surface area contributed by atoms with E-state index in [1.54, 1.807) is 12.1 Å². The molecule has 0 aromatic heterocycles. The van der Waals surface area contributed by atoms with Crippen molar-refractivity contribution in [3.63, 3.8) is 0 Å². The maximum absolute atomic E-state index is 13.0. The molecule has 0 heterocycles. The average Bonchev–Trinajstić information content (AvgIpc) is 2.24. The Bertz CT molecular complexity index is 348. The van der Waals surface area contributed by atoms with Gasteiger partial charge in [-0.2, -0.15) is 0 Å². The predicted molar refractivity (Wildman–Crippen MR) is 76.4 cm³/mol. The average molecular weight is 251 g/mol. The van der Waals surface area contributed by atoms with Crippen molar-refractivity contribution in [3.8, 4) is 0 Å². The second-order valence-electron chi connectivity index (χ2n) is 6.51. The van der Waals surface area contributed by atoms with E-state index < -0.39 is 0 Å². The van der Waals surface area contributed by atoms with E-state index >= 15 is 0 Å². The van der Waals surface area contributed by atoms with Crippen molar-refractivity contribution in [1.82, 2.24) is 5.32 Å². The van der Waals surface area contributed by atoms with Crippen molar-refractivity contribution >= 4 is 0 Å². The van der Waals surface area contributed by atoms with Crippen molar-refractivity contribution in [2.24, 2.45) is 5.92 Å². The number of nitrogens with one attached hydrogen (secondary N) is 1. The van der Waals surface area contributed by atoms with Crippen LogP contribution in [0.15, 0.2) is 24.3 Å². The first-order chi connectivity index (χ1) is 8.28. The Morgan fingerprint density at radius 3 is 2.11 bits per heavy atom. The highest BCUT2D eigenvalue weighted by Gasteiger charge is 2.17. The molecule has 0 aliphatic heterocycles. The van der Waals surface area contributed by atoms with Crippen molar-refractivity contribution in [1.29, 1.82) is 0 Å². The summed E-state index contributed by atoms with van der Waals surface area (Å²) in [7, 11) is 0. The number of benzene rings is 1. The fraction of sp³-hybridized carbons (Fsp3) is 0.625. The molecule has 102 valence electrons. The molecule has 0 aliphatic carbocycles. The van der Waals surface area contributed by atoms with E-state index in [-0.39, 0.29) is 11.4 Å². The van der Waals surface area contributed by atoms with E-state index in [0.717, 1.165) is 13.0 Å². The Balaban J connectivity index is 2.74. The minimum absolute atomic E-state index is 0.120. The molecule has 0 fully saturated rings. The highest BCUT2D eigenvalue weighted by Crippen LogP contribution is 2.24. The van der Waals surface area contributed by atoms with Crippen LogP contribution in [0.5, 0.6) is 0 Å². The summed E-state index contributed by atoms with van der Waals surface area (Å²) in [6.07, 6.45) is 1.12. The summed E-state index contributed by atoms with van der Waals surface area (Å²) in [5.41, 5.74) is 1.34. The van der Waals surface area contributed by atoms with Crippen LogP contribution in [0.25, 0.3) is 0 Å². The molecule has 0 amide bonds. The highest BCUT2D eigenvalue weighted by atomic mass is 19.1. The molecule has 0 saturated heterocycles. The minimum Gasteiger partial charge on any atom is -0.311 e. The Kier molecular flexibility index (Phi) is 5.33. The third kappa shape index (κ3) is 5.63. The van der Waals surface area contributed by atoms with Gasteiger partial charge >= 0.3 is 0 Å². The van der Waals surface area contributed by atoms with Gasteiger partial charge in [0, 0.05) is 12.1 Å². The lowest BCUT2D eigenvalue weighted by Crippen LogP contribution is -2.38. The minimum atomic E-state index is -0.161. The van der Waals surface area contributed by atoms with Gasteiger partial charge < -0.3 is 5.32 Å². The molecule has 1 rings (SSSR count). The van der Waals surface area contributed by atoms with E-state index in [9.17, 15) is 4.39 Å². The molecule has 2 heteroatoms. The number of halogens is 1. The molecular formula is C16H26FN. The van der Waals surface area contributed by atoms with Crippen LogP contribution in [0.2, 0.25) is 0 Å². The molecule has 18 heavy (non-hydrogen) atoms. The lowest BCUT2D eigenvalue weighted by molar-refractivity contribution is 0.381. The van der Waals surface area contributed by atoms with Crippen LogP contribution in [0, 0.1) is 11.7 Å². The van der Waals surface area contributed by atoms with Crippen molar-refractivity contribution < 1.29 is 4.39 Å². The number of hydrogen-bond donors (Lipinski definition) is 1. The molecule has 1 N–H and O–H groups in total. The second kappa shape index (κ2) is 6.33. The Morgan fingerprint density at radius 1 is 1.11 bits per heavy atom. The Hall–Kier alpha value is -0.890. The first-order valence-electron chi connectivity index (χ1n) is 6.78. The molecule has 0 radical (unpaired) electrons. The number of hydrogen-bond acceptors (Lipinski definition) is 1. The molecule has 1 nitrogen and oxygen atoms in total. The summed E-state index contributed by atoms with van der Waals surface area (Å²) in [6, 6.07) is 6.93. The quantitative estimate of drug-likeness (QED) is 0.820. The van der Waals surface area contributed by atoms with Gasteiger partial charge in [-0.3, -0.25) is 0 Å². The second-order valence-corrected chi connectivity index (χ2v) is 6.51. The summed E-state index contributed by atoms with van der Waals surface area (Å²) < 4.78 is 13.0. The van der Waals surface area contributed by atoms with Crippen LogP contribution in [-0.4, -0.2) is 12.1 Å². The van der Waals surface area contributed by atoms with Crippen LogP contribution in [0.3, 0.4) is 0 Å². The van der Waals surface area contributed by atoms with Crippen molar-refractivity contribution in [2.45, 2.75) is 52.5 Å². The summed E-state index contributed by atoms with van der Waals surface area (Å²) >= 11 is 0. The Morgan fingerprint density at radius 2 is 1.67 bits per heavy atom. The molecular weight excluding hydrogens is 225 g/mol. The summed E-state index contributed by atoms with van der Waals surface area (Å²) in [5, 5.41) is 3.55. The van der Waals surface area contributed by atoms with Crippen molar-refractivity contribution in [3.05, 3.63) is 35.6 Å². The van der Waals surface area contributed by atoms with Gasteiger partial charge in [0.05, 0.1) is 0 Å². The van der Waals surface area contributed by atoms with Gasteiger partial charge in [-0.25, -0.2) is 4.39 Å². The SMILES string of the molecule is CC(C)CC(CNC(C)(C)C)c1ccc(F)cc1. The van der Waals surface area contributed by atoms with Crippen LogP contribution >= 0.6 is 0 Å². The number of rotatable bonds is 5. The van der Waals surface area contributed by atoms with E-state index in [4.69, 9.17) is 0 Å². The fourth-order valence-electron chi connectivity index (χ4n) is 2.07. The monoisotopic (exact) mass is 251 g/mol. The molecule has 1 unspecified atom stereocenters. The lowest BCUT2D eigenvalue weighted by Gasteiger charge is -2.26. The normalized spacial score (nSPS) is 13.9. The first kappa shape index (κ1) is 15.2. The van der Waals surface area contributed by atoms with Gasteiger partial charge in [0.2, 0.25) is 0 Å². The summed E-state index contributed by atoms with van der Waals surface area (Å²) in [5.74, 6) is 0.928. The molecule has 0 saturated carbocycles. The Labute approximate surface area is 111 Å². The maximum atomic E-state index is 13.0. The predicted octanol–water partition coefficient (Wildman–Crippen LogP) is 4.34. The zero-order valence-electron chi connectivity index (χ0n) is 12.3. The van der Waals surface area contributed by atoms with Crippen LogP contribution in [0.1, 0.15) is 52.5 Å². The fourth-order valence-corrected chi connectivity index (χ4v) is 2.07. The van der Waals surface area contributed by atoms with Gasteiger partial charge in [0.15, 0.2) is 0 Å². The van der Waals surface area contributed by atoms with Crippen LogP contribution in [-0.2, 0) is 0 Å². The van der Waals surface area contributed by atoms with Crippen LogP contribution in [0.4, 0.5) is 4.39 Å². The van der Waals surface area contributed by atoms with Crippen molar-refractivity contribution in [2.75, 3.05) is 6.54 Å². The largest absolute Gasteiger partial charge is 0.311 e. The van der Waals surface area contributed by atoms with E-state index in [1.165, 1.54) is 5.56 Å². The van der Waals surface area contributed by atoms with Gasteiger partial charge in [0.25, 0.3) is 0 Å². The molecule has 1 aromatic carbocycles. The topological polar surface area (TPSA) is 12.0 Å². The molecule has 1 aromatic rings. The standard InChI is InChI=1S/C16H26FN/c1-12(2)10-14(11-18-16(3,4)5)13-6-8-15(17)9-7-13/h6-9,12,14,18H,10-11H2,1-5H3. The van der Waals surface area contributed by atoms with E-state index in [1.807, 2.05) is 12.1 Å². The maximum Gasteiger partial charge on any atom is 0.123 e. The van der Waals surface area contributed by atoms with Gasteiger partial charge in [-0.05, 0) is 56.7 Å². The van der Waals surface area contributed by atoms with E-state index in [2.05, 4.69) is 39.9 Å². The molecule has 1 atom stereocenters. The zero-order chi connectivity index (χ0) is 13.8. The highest BCUT2D eigenvalue weighted by molar-refractivity contribution is 5.21. The third-order valence-corrected chi connectivity index (χ3v) is 2.98. The zero-order valence-corrected chi connectivity index (χ0v) is 12.3.